The maximum Gasteiger partial charge on any atom is 0.203 e. The SMILES string of the molecule is COc1cc2c(c(OC)c1OC)-c1cccc(OCc3ccccc3)c1C(=O)CC2. The summed E-state index contributed by atoms with van der Waals surface area (Å²) in [6.07, 6.45) is 0.960. The van der Waals surface area contributed by atoms with Crippen LogP contribution in [0.4, 0.5) is 0 Å². The zero-order valence-electron chi connectivity index (χ0n) is 17.4. The third kappa shape index (κ3) is 3.47. The fourth-order valence-corrected chi connectivity index (χ4v) is 3.96. The van der Waals surface area contributed by atoms with Crippen LogP contribution in [0.3, 0.4) is 0 Å². The van der Waals surface area contributed by atoms with Gasteiger partial charge in [0.05, 0.1) is 26.9 Å². The number of carbonyl (C=O) groups is 1. The summed E-state index contributed by atoms with van der Waals surface area (Å²) >= 11 is 0. The highest BCUT2D eigenvalue weighted by atomic mass is 16.5. The first-order valence-corrected chi connectivity index (χ1v) is 9.83. The number of carbonyl (C=O) groups excluding carboxylic acids is 1. The highest BCUT2D eigenvalue weighted by Gasteiger charge is 2.29. The molecule has 5 heteroatoms. The predicted octanol–water partition coefficient (Wildman–Crippen LogP) is 5.09. The van der Waals surface area contributed by atoms with Crippen molar-refractivity contribution >= 4 is 5.78 Å². The third-order valence-electron chi connectivity index (χ3n) is 5.34. The molecule has 0 atom stereocenters. The normalized spacial score (nSPS) is 12.4. The molecule has 0 spiro atoms. The molecule has 0 saturated carbocycles. The van der Waals surface area contributed by atoms with Crippen molar-refractivity contribution in [1.82, 2.24) is 0 Å². The zero-order valence-corrected chi connectivity index (χ0v) is 17.4. The minimum absolute atomic E-state index is 0.0462. The van der Waals surface area contributed by atoms with Crippen LogP contribution in [0.25, 0.3) is 11.1 Å². The summed E-state index contributed by atoms with van der Waals surface area (Å²) in [4.78, 5) is 13.1. The smallest absolute Gasteiger partial charge is 0.203 e. The van der Waals surface area contributed by atoms with Gasteiger partial charge in [0.25, 0.3) is 0 Å². The number of rotatable bonds is 6. The molecule has 0 aliphatic heterocycles. The van der Waals surface area contributed by atoms with Gasteiger partial charge in [-0.2, -0.15) is 0 Å². The number of fused-ring (bicyclic) bond motifs is 3. The molecule has 0 N–H and O–H groups in total. The van der Waals surface area contributed by atoms with E-state index in [9.17, 15) is 4.79 Å². The molecule has 0 radical (unpaired) electrons. The van der Waals surface area contributed by atoms with E-state index in [1.165, 1.54) is 0 Å². The van der Waals surface area contributed by atoms with Crippen molar-refractivity contribution in [3.63, 3.8) is 0 Å². The quantitative estimate of drug-likeness (QED) is 0.573. The Morgan fingerprint density at radius 1 is 0.767 bits per heavy atom. The summed E-state index contributed by atoms with van der Waals surface area (Å²) < 4.78 is 22.9. The van der Waals surface area contributed by atoms with Crippen molar-refractivity contribution in [2.45, 2.75) is 19.4 Å². The first-order chi connectivity index (χ1) is 14.7. The maximum atomic E-state index is 13.1. The number of ketones is 1. The monoisotopic (exact) mass is 404 g/mol. The van der Waals surface area contributed by atoms with Crippen molar-refractivity contribution in [3.05, 3.63) is 71.3 Å². The van der Waals surface area contributed by atoms with E-state index in [1.54, 1.807) is 21.3 Å². The van der Waals surface area contributed by atoms with E-state index < -0.39 is 0 Å². The highest BCUT2D eigenvalue weighted by molar-refractivity contribution is 6.07. The topological polar surface area (TPSA) is 54.0 Å². The van der Waals surface area contributed by atoms with Crippen molar-refractivity contribution in [3.8, 4) is 34.1 Å². The summed E-state index contributed by atoms with van der Waals surface area (Å²) in [5.41, 5.74) is 4.24. The Balaban J connectivity index is 1.86. The van der Waals surface area contributed by atoms with E-state index in [0.717, 1.165) is 22.3 Å². The fourth-order valence-electron chi connectivity index (χ4n) is 3.96. The summed E-state index contributed by atoms with van der Waals surface area (Å²) in [7, 11) is 4.77. The lowest BCUT2D eigenvalue weighted by Gasteiger charge is -2.20. The Hall–Kier alpha value is -3.47. The van der Waals surface area contributed by atoms with Gasteiger partial charge in [0.15, 0.2) is 17.3 Å². The van der Waals surface area contributed by atoms with Crippen molar-refractivity contribution < 1.29 is 23.7 Å². The van der Waals surface area contributed by atoms with Gasteiger partial charge in [0, 0.05) is 17.5 Å². The fraction of sp³-hybridized carbons (Fsp3) is 0.240. The third-order valence-corrected chi connectivity index (χ3v) is 5.34. The van der Waals surface area contributed by atoms with Gasteiger partial charge in [-0.15, -0.1) is 0 Å². The second-order valence-corrected chi connectivity index (χ2v) is 7.06. The molecule has 0 unspecified atom stereocenters. The van der Waals surface area contributed by atoms with Crippen LogP contribution in [0, 0.1) is 0 Å². The van der Waals surface area contributed by atoms with Crippen LogP contribution in [0.15, 0.2) is 54.6 Å². The molecule has 3 aromatic rings. The second kappa shape index (κ2) is 8.49. The van der Waals surface area contributed by atoms with E-state index >= 15 is 0 Å². The number of benzene rings is 3. The van der Waals surface area contributed by atoms with E-state index in [-0.39, 0.29) is 5.78 Å². The molecule has 1 aliphatic carbocycles. The first kappa shape index (κ1) is 19.8. The Morgan fingerprint density at radius 3 is 2.23 bits per heavy atom. The summed E-state index contributed by atoms with van der Waals surface area (Å²) in [6, 6.07) is 17.5. The Bertz CT molecular complexity index is 1070. The van der Waals surface area contributed by atoms with E-state index in [4.69, 9.17) is 18.9 Å². The standard InChI is InChI=1S/C25H24O5/c1-27-21-14-17-12-13-19(26)23-18(22(17)25(29-3)24(21)28-2)10-7-11-20(23)30-15-16-8-5-4-6-9-16/h4-11,14H,12-13,15H2,1-3H3. The van der Waals surface area contributed by atoms with Crippen molar-refractivity contribution in [2.24, 2.45) is 0 Å². The second-order valence-electron chi connectivity index (χ2n) is 7.06. The molecular weight excluding hydrogens is 380 g/mol. The molecule has 0 fully saturated rings. The highest BCUT2D eigenvalue weighted by Crippen LogP contribution is 2.50. The average molecular weight is 404 g/mol. The molecule has 5 nitrogen and oxygen atoms in total. The van der Waals surface area contributed by atoms with Gasteiger partial charge >= 0.3 is 0 Å². The lowest BCUT2D eigenvalue weighted by Crippen LogP contribution is -2.05. The molecule has 4 rings (SSSR count). The number of aryl methyl sites for hydroxylation is 1. The lowest BCUT2D eigenvalue weighted by atomic mass is 9.94. The number of methoxy groups -OCH3 is 3. The number of ether oxygens (including phenoxy) is 4. The predicted molar refractivity (Wildman–Crippen MR) is 115 cm³/mol. The number of Topliss-reactive ketones (excluding diaryl/α,β-unsaturated/α-hetero) is 1. The Morgan fingerprint density at radius 2 is 1.53 bits per heavy atom. The Labute approximate surface area is 176 Å². The molecule has 30 heavy (non-hydrogen) atoms. The van der Waals surface area contributed by atoms with Crippen LogP contribution >= 0.6 is 0 Å². The zero-order chi connectivity index (χ0) is 21.1. The van der Waals surface area contributed by atoms with Crippen LogP contribution in [0.2, 0.25) is 0 Å². The molecular formula is C25H24O5. The first-order valence-electron chi connectivity index (χ1n) is 9.83. The van der Waals surface area contributed by atoms with Gasteiger partial charge in [0.1, 0.15) is 12.4 Å². The summed E-state index contributed by atoms with van der Waals surface area (Å²) in [5, 5.41) is 0. The van der Waals surface area contributed by atoms with E-state index in [1.807, 2.05) is 54.6 Å². The number of hydrogen-bond acceptors (Lipinski definition) is 5. The number of hydrogen-bond donors (Lipinski definition) is 0. The molecule has 0 amide bonds. The van der Waals surface area contributed by atoms with Gasteiger partial charge in [-0.1, -0.05) is 42.5 Å². The maximum absolute atomic E-state index is 13.1. The van der Waals surface area contributed by atoms with Gasteiger partial charge in [-0.25, -0.2) is 0 Å². The van der Waals surface area contributed by atoms with Gasteiger partial charge < -0.3 is 18.9 Å². The molecule has 154 valence electrons. The average Bonchev–Trinajstić information content (AvgIpc) is 2.94. The molecule has 0 saturated heterocycles. The van der Waals surface area contributed by atoms with Crippen molar-refractivity contribution in [1.29, 1.82) is 0 Å². The van der Waals surface area contributed by atoms with E-state index in [0.29, 0.717) is 48.0 Å². The van der Waals surface area contributed by atoms with Crippen LogP contribution in [0.5, 0.6) is 23.0 Å². The van der Waals surface area contributed by atoms with Crippen molar-refractivity contribution in [2.75, 3.05) is 21.3 Å². The van der Waals surface area contributed by atoms with E-state index in [2.05, 4.69) is 0 Å². The van der Waals surface area contributed by atoms with Crippen LogP contribution in [-0.2, 0) is 13.0 Å². The largest absolute Gasteiger partial charge is 0.493 e. The van der Waals surface area contributed by atoms with Crippen LogP contribution < -0.4 is 18.9 Å². The Kier molecular flexibility index (Phi) is 5.61. The summed E-state index contributed by atoms with van der Waals surface area (Å²) in [6.45, 7) is 0.389. The molecule has 0 heterocycles. The van der Waals surface area contributed by atoms with Gasteiger partial charge in [0.2, 0.25) is 5.75 Å². The van der Waals surface area contributed by atoms with Gasteiger partial charge in [-0.3, -0.25) is 4.79 Å². The van der Waals surface area contributed by atoms with Crippen LogP contribution in [0.1, 0.15) is 27.9 Å². The van der Waals surface area contributed by atoms with Gasteiger partial charge in [-0.05, 0) is 29.7 Å². The summed E-state index contributed by atoms with van der Waals surface area (Å²) in [5.74, 6) is 2.27. The minimum atomic E-state index is 0.0462. The minimum Gasteiger partial charge on any atom is -0.493 e. The molecule has 3 aromatic carbocycles. The van der Waals surface area contributed by atoms with Crippen LogP contribution in [-0.4, -0.2) is 27.1 Å². The lowest BCUT2D eigenvalue weighted by molar-refractivity contribution is 0.0980. The molecule has 1 aliphatic rings. The molecule has 0 bridgehead atoms. The molecule has 0 aromatic heterocycles.